The van der Waals surface area contributed by atoms with Crippen molar-refractivity contribution in [2.24, 2.45) is 0 Å². The molecule has 1 saturated heterocycles. The number of carbonyl (C=O) groups excluding carboxylic acids is 1. The number of pyridine rings is 1. The predicted octanol–water partition coefficient (Wildman–Crippen LogP) is 2.95. The minimum Gasteiger partial charge on any atom is -0.481 e. The van der Waals surface area contributed by atoms with Gasteiger partial charge in [0.2, 0.25) is 5.88 Å². The van der Waals surface area contributed by atoms with Gasteiger partial charge in [-0.25, -0.2) is 4.98 Å². The molecule has 0 bridgehead atoms. The normalized spacial score (nSPS) is 15.8. The summed E-state index contributed by atoms with van der Waals surface area (Å²) in [7, 11) is 1.57. The molecule has 0 radical (unpaired) electrons. The third-order valence-corrected chi connectivity index (χ3v) is 4.54. The average molecular weight is 351 g/mol. The fraction of sp³-hybridized carbons (Fsp3) is 0.333. The summed E-state index contributed by atoms with van der Waals surface area (Å²) >= 11 is 0. The number of methoxy groups -OCH3 is 1. The van der Waals surface area contributed by atoms with Gasteiger partial charge < -0.3 is 9.64 Å². The molecule has 1 aliphatic heterocycles. The minimum atomic E-state index is 0.0434. The molecule has 0 aliphatic carbocycles. The Bertz CT molecular complexity index is 729. The molecule has 136 valence electrons. The summed E-state index contributed by atoms with van der Waals surface area (Å²) in [6, 6.07) is 13.8. The largest absolute Gasteiger partial charge is 0.481 e. The van der Waals surface area contributed by atoms with Crippen LogP contribution in [0.1, 0.15) is 22.3 Å². The maximum Gasteiger partial charge on any atom is 0.255 e. The number of aromatic nitrogens is 1. The molecular formula is C21H25N3O2. The second-order valence-electron chi connectivity index (χ2n) is 6.35. The second kappa shape index (κ2) is 9.15. The molecule has 1 amide bonds. The molecule has 3 rings (SSSR count). The van der Waals surface area contributed by atoms with Crippen LogP contribution in [-0.4, -0.2) is 60.5 Å². The summed E-state index contributed by atoms with van der Waals surface area (Å²) in [5.74, 6) is 0.565. The number of hydrogen-bond donors (Lipinski definition) is 0. The molecule has 0 atom stereocenters. The van der Waals surface area contributed by atoms with Crippen LogP contribution in [0.2, 0.25) is 0 Å². The third kappa shape index (κ3) is 4.92. The number of rotatable bonds is 5. The van der Waals surface area contributed by atoms with Crippen molar-refractivity contribution < 1.29 is 9.53 Å². The smallest absolute Gasteiger partial charge is 0.255 e. The van der Waals surface area contributed by atoms with Crippen molar-refractivity contribution in [2.75, 3.05) is 39.8 Å². The second-order valence-corrected chi connectivity index (χ2v) is 6.35. The fourth-order valence-corrected chi connectivity index (χ4v) is 3.07. The first-order chi connectivity index (χ1) is 12.8. The van der Waals surface area contributed by atoms with E-state index in [0.717, 1.165) is 39.1 Å². The topological polar surface area (TPSA) is 45.7 Å². The monoisotopic (exact) mass is 351 g/mol. The summed E-state index contributed by atoms with van der Waals surface area (Å²) in [6.45, 7) is 4.31. The maximum atomic E-state index is 12.7. The summed E-state index contributed by atoms with van der Waals surface area (Å²) in [6.07, 6.45) is 6.91. The summed E-state index contributed by atoms with van der Waals surface area (Å²) < 4.78 is 5.05. The molecule has 1 aromatic heterocycles. The van der Waals surface area contributed by atoms with Crippen LogP contribution in [0, 0.1) is 0 Å². The van der Waals surface area contributed by atoms with Crippen LogP contribution in [-0.2, 0) is 0 Å². The minimum absolute atomic E-state index is 0.0434. The number of hydrogen-bond acceptors (Lipinski definition) is 4. The fourth-order valence-electron chi connectivity index (χ4n) is 3.07. The zero-order valence-corrected chi connectivity index (χ0v) is 15.2. The molecule has 1 fully saturated rings. The zero-order chi connectivity index (χ0) is 18.2. The number of benzene rings is 1. The molecule has 0 unspecified atom stereocenters. The SMILES string of the molecule is COc1ccc(C(=O)N2CCCN(C/C=C/c3ccccc3)CC2)cn1. The van der Waals surface area contributed by atoms with Gasteiger partial charge in [0, 0.05) is 45.0 Å². The molecule has 1 aliphatic rings. The highest BCUT2D eigenvalue weighted by Gasteiger charge is 2.20. The van der Waals surface area contributed by atoms with Gasteiger partial charge in [-0.3, -0.25) is 9.69 Å². The summed E-state index contributed by atoms with van der Waals surface area (Å²) in [5, 5.41) is 0. The Balaban J connectivity index is 1.52. The van der Waals surface area contributed by atoms with Crippen molar-refractivity contribution in [1.29, 1.82) is 0 Å². The predicted molar refractivity (Wildman–Crippen MR) is 103 cm³/mol. The first-order valence-electron chi connectivity index (χ1n) is 8.99. The Morgan fingerprint density at radius 2 is 1.96 bits per heavy atom. The molecule has 0 saturated carbocycles. The Kier molecular flexibility index (Phi) is 6.39. The van der Waals surface area contributed by atoms with Crippen LogP contribution >= 0.6 is 0 Å². The van der Waals surface area contributed by atoms with E-state index < -0.39 is 0 Å². The zero-order valence-electron chi connectivity index (χ0n) is 15.2. The molecule has 5 nitrogen and oxygen atoms in total. The lowest BCUT2D eigenvalue weighted by Crippen LogP contribution is -2.35. The van der Waals surface area contributed by atoms with Crippen LogP contribution in [0.25, 0.3) is 6.08 Å². The van der Waals surface area contributed by atoms with Crippen molar-refractivity contribution in [2.45, 2.75) is 6.42 Å². The van der Waals surface area contributed by atoms with Crippen LogP contribution in [0.3, 0.4) is 0 Å². The van der Waals surface area contributed by atoms with E-state index in [0.29, 0.717) is 11.4 Å². The highest BCUT2D eigenvalue weighted by atomic mass is 16.5. The quantitative estimate of drug-likeness (QED) is 0.831. The lowest BCUT2D eigenvalue weighted by molar-refractivity contribution is 0.0761. The highest BCUT2D eigenvalue weighted by Crippen LogP contribution is 2.12. The Morgan fingerprint density at radius 3 is 2.69 bits per heavy atom. The Labute approximate surface area is 154 Å². The lowest BCUT2D eigenvalue weighted by atomic mass is 10.2. The van der Waals surface area contributed by atoms with Crippen molar-refractivity contribution in [1.82, 2.24) is 14.8 Å². The van der Waals surface area contributed by atoms with Crippen LogP contribution in [0.4, 0.5) is 0 Å². The van der Waals surface area contributed by atoms with Crippen molar-refractivity contribution >= 4 is 12.0 Å². The lowest BCUT2D eigenvalue weighted by Gasteiger charge is -2.21. The van der Waals surface area contributed by atoms with Gasteiger partial charge >= 0.3 is 0 Å². The van der Waals surface area contributed by atoms with E-state index >= 15 is 0 Å². The Morgan fingerprint density at radius 1 is 1.12 bits per heavy atom. The van der Waals surface area contributed by atoms with E-state index in [2.05, 4.69) is 34.2 Å². The van der Waals surface area contributed by atoms with E-state index in [1.54, 1.807) is 25.4 Å². The number of carbonyl (C=O) groups is 1. The third-order valence-electron chi connectivity index (χ3n) is 4.54. The van der Waals surface area contributed by atoms with Crippen LogP contribution in [0.5, 0.6) is 5.88 Å². The molecular weight excluding hydrogens is 326 g/mol. The van der Waals surface area contributed by atoms with E-state index in [9.17, 15) is 4.79 Å². The van der Waals surface area contributed by atoms with Gasteiger partial charge in [0.15, 0.2) is 0 Å². The van der Waals surface area contributed by atoms with Crippen LogP contribution in [0.15, 0.2) is 54.7 Å². The number of amides is 1. The van der Waals surface area contributed by atoms with Gasteiger partial charge in [0.1, 0.15) is 0 Å². The van der Waals surface area contributed by atoms with E-state index in [1.807, 2.05) is 23.1 Å². The maximum absolute atomic E-state index is 12.7. The average Bonchev–Trinajstić information content (AvgIpc) is 2.94. The first kappa shape index (κ1) is 18.1. The Hall–Kier alpha value is -2.66. The van der Waals surface area contributed by atoms with Crippen molar-refractivity contribution in [3.63, 3.8) is 0 Å². The van der Waals surface area contributed by atoms with Gasteiger partial charge in [0.05, 0.1) is 12.7 Å². The molecule has 0 spiro atoms. The van der Waals surface area contributed by atoms with Crippen LogP contribution < -0.4 is 4.74 Å². The number of ether oxygens (including phenoxy) is 1. The van der Waals surface area contributed by atoms with E-state index in [1.165, 1.54) is 5.56 Å². The highest BCUT2D eigenvalue weighted by molar-refractivity contribution is 5.94. The molecule has 0 N–H and O–H groups in total. The van der Waals surface area contributed by atoms with Crippen molar-refractivity contribution in [3.8, 4) is 5.88 Å². The molecule has 26 heavy (non-hydrogen) atoms. The van der Waals surface area contributed by atoms with Crippen molar-refractivity contribution in [3.05, 3.63) is 65.9 Å². The molecule has 2 aromatic rings. The van der Waals surface area contributed by atoms with E-state index in [-0.39, 0.29) is 5.91 Å². The first-order valence-corrected chi connectivity index (χ1v) is 8.99. The summed E-state index contributed by atoms with van der Waals surface area (Å²) in [4.78, 5) is 21.1. The standard InChI is InChI=1S/C21H25N3O2/c1-26-20-11-10-19(17-22-20)21(25)24-14-6-13-23(15-16-24)12-5-9-18-7-3-2-4-8-18/h2-5,7-11,17H,6,12-16H2,1H3/b9-5+. The molecule has 2 heterocycles. The van der Waals surface area contributed by atoms with Gasteiger partial charge in [0.25, 0.3) is 5.91 Å². The number of nitrogens with zero attached hydrogens (tertiary/aromatic N) is 3. The van der Waals surface area contributed by atoms with Gasteiger partial charge in [-0.05, 0) is 18.1 Å². The van der Waals surface area contributed by atoms with Gasteiger partial charge in [-0.1, -0.05) is 42.5 Å². The van der Waals surface area contributed by atoms with Gasteiger partial charge in [-0.15, -0.1) is 0 Å². The molecule has 5 heteroatoms. The molecule has 1 aromatic carbocycles. The van der Waals surface area contributed by atoms with E-state index in [4.69, 9.17) is 4.74 Å². The van der Waals surface area contributed by atoms with Gasteiger partial charge in [-0.2, -0.15) is 0 Å². The summed E-state index contributed by atoms with van der Waals surface area (Å²) in [5.41, 5.74) is 1.83.